The van der Waals surface area contributed by atoms with E-state index < -0.39 is 0 Å². The van der Waals surface area contributed by atoms with Gasteiger partial charge in [-0.05, 0) is 38.0 Å². The fraction of sp³-hybridized carbons (Fsp3) is 0.692. The molecular weight excluding hydrogens is 228 g/mol. The minimum absolute atomic E-state index is 0.0383. The third-order valence-corrected chi connectivity index (χ3v) is 3.93. The monoisotopic (exact) mass is 248 g/mol. The molecule has 1 aromatic heterocycles. The van der Waals surface area contributed by atoms with Crippen molar-refractivity contribution in [1.29, 1.82) is 0 Å². The van der Waals surface area contributed by atoms with Crippen molar-refractivity contribution in [2.45, 2.75) is 38.1 Å². The number of nitrogens with one attached hydrogen (secondary N) is 2. The van der Waals surface area contributed by atoms with Gasteiger partial charge in [0.2, 0.25) is 0 Å². The lowest BCUT2D eigenvalue weighted by Crippen LogP contribution is -2.39. The first-order chi connectivity index (χ1) is 8.74. The number of hydrogen-bond donors (Lipinski definition) is 2. The van der Waals surface area contributed by atoms with Crippen LogP contribution in [0, 0.1) is 5.92 Å². The predicted molar refractivity (Wildman–Crippen MR) is 68.1 cm³/mol. The van der Waals surface area contributed by atoms with E-state index in [-0.39, 0.29) is 12.1 Å². The minimum atomic E-state index is -0.0383. The van der Waals surface area contributed by atoms with Crippen LogP contribution in [0.25, 0.3) is 0 Å². The van der Waals surface area contributed by atoms with Gasteiger partial charge in [-0.3, -0.25) is 4.68 Å². The number of aryl methyl sites for hydroxylation is 1. The molecule has 2 N–H and O–H groups in total. The van der Waals surface area contributed by atoms with E-state index in [1.165, 1.54) is 24.1 Å². The Morgan fingerprint density at radius 2 is 2.33 bits per heavy atom. The van der Waals surface area contributed by atoms with Crippen molar-refractivity contribution in [2.75, 3.05) is 6.54 Å². The quantitative estimate of drug-likeness (QED) is 0.851. The average Bonchev–Trinajstić information content (AvgIpc) is 3.12. The van der Waals surface area contributed by atoms with E-state index in [4.69, 9.17) is 0 Å². The van der Waals surface area contributed by atoms with E-state index in [2.05, 4.69) is 15.7 Å². The van der Waals surface area contributed by atoms with Gasteiger partial charge in [0.25, 0.3) is 0 Å². The number of aromatic nitrogens is 2. The third kappa shape index (κ3) is 2.35. The van der Waals surface area contributed by atoms with Crippen LogP contribution in [0.5, 0.6) is 0 Å². The number of fused-ring (bicyclic) bond motifs is 1. The molecule has 0 bridgehead atoms. The summed E-state index contributed by atoms with van der Waals surface area (Å²) in [7, 11) is 1.97. The molecule has 1 aromatic rings. The first-order valence-electron chi connectivity index (χ1n) is 6.79. The van der Waals surface area contributed by atoms with Crippen molar-refractivity contribution in [3.8, 4) is 0 Å². The molecule has 0 saturated heterocycles. The molecule has 2 aliphatic rings. The molecule has 3 rings (SSSR count). The lowest BCUT2D eigenvalue weighted by Gasteiger charge is -2.23. The molecule has 2 amide bonds. The van der Waals surface area contributed by atoms with Crippen LogP contribution in [0.3, 0.4) is 0 Å². The van der Waals surface area contributed by atoms with E-state index in [0.717, 1.165) is 31.7 Å². The van der Waals surface area contributed by atoms with Crippen molar-refractivity contribution in [1.82, 2.24) is 20.4 Å². The van der Waals surface area contributed by atoms with Gasteiger partial charge in [-0.1, -0.05) is 0 Å². The fourth-order valence-electron chi connectivity index (χ4n) is 2.62. The summed E-state index contributed by atoms with van der Waals surface area (Å²) in [5.41, 5.74) is 2.44. The Hall–Kier alpha value is -1.52. The maximum Gasteiger partial charge on any atom is 0.315 e. The first-order valence-corrected chi connectivity index (χ1v) is 6.79. The van der Waals surface area contributed by atoms with Crippen molar-refractivity contribution in [3.05, 3.63) is 17.5 Å². The molecule has 0 aromatic carbocycles. The average molecular weight is 248 g/mol. The lowest BCUT2D eigenvalue weighted by atomic mass is 9.93. The van der Waals surface area contributed by atoms with Crippen molar-refractivity contribution < 1.29 is 4.79 Å². The zero-order valence-corrected chi connectivity index (χ0v) is 10.8. The molecule has 0 radical (unpaired) electrons. The third-order valence-electron chi connectivity index (χ3n) is 3.93. The molecule has 1 heterocycles. The largest absolute Gasteiger partial charge is 0.338 e. The standard InChI is InChI=1S/C13H20N4O/c1-17-12-4-2-3-11(10(12)8-15-17)16-13(18)14-7-9-5-6-9/h8-9,11H,2-7H2,1H3,(H2,14,16,18). The molecular formula is C13H20N4O. The first kappa shape index (κ1) is 11.6. The maximum atomic E-state index is 11.8. The van der Waals surface area contributed by atoms with Gasteiger partial charge < -0.3 is 10.6 Å². The molecule has 1 unspecified atom stereocenters. The summed E-state index contributed by atoms with van der Waals surface area (Å²) in [6.07, 6.45) is 7.59. The summed E-state index contributed by atoms with van der Waals surface area (Å²) < 4.78 is 1.92. The molecule has 18 heavy (non-hydrogen) atoms. The van der Waals surface area contributed by atoms with Crippen molar-refractivity contribution in [2.24, 2.45) is 13.0 Å². The van der Waals surface area contributed by atoms with Crippen LogP contribution in [0.15, 0.2) is 6.20 Å². The number of urea groups is 1. The summed E-state index contributed by atoms with van der Waals surface area (Å²) in [6, 6.07) is 0.0882. The number of carbonyl (C=O) groups is 1. The van der Waals surface area contributed by atoms with Crippen molar-refractivity contribution in [3.63, 3.8) is 0 Å². The molecule has 1 saturated carbocycles. The molecule has 98 valence electrons. The second-order valence-electron chi connectivity index (χ2n) is 5.41. The Balaban J connectivity index is 1.60. The Bertz CT molecular complexity index is 450. The predicted octanol–water partition coefficient (Wildman–Crippen LogP) is 1.51. The van der Waals surface area contributed by atoms with Crippen LogP contribution in [0.4, 0.5) is 4.79 Å². The Kier molecular flexibility index (Phi) is 2.97. The number of nitrogens with zero attached hydrogens (tertiary/aromatic N) is 2. The highest BCUT2D eigenvalue weighted by atomic mass is 16.2. The lowest BCUT2D eigenvalue weighted by molar-refractivity contribution is 0.235. The van der Waals surface area contributed by atoms with Gasteiger partial charge in [0, 0.05) is 24.8 Å². The van der Waals surface area contributed by atoms with Gasteiger partial charge in [0.15, 0.2) is 0 Å². The smallest absolute Gasteiger partial charge is 0.315 e. The molecule has 0 aliphatic heterocycles. The molecule has 1 atom stereocenters. The number of carbonyl (C=O) groups excluding carboxylic acids is 1. The minimum Gasteiger partial charge on any atom is -0.338 e. The number of amides is 2. The van der Waals surface area contributed by atoms with Gasteiger partial charge in [-0.2, -0.15) is 5.10 Å². The van der Waals surface area contributed by atoms with E-state index in [1.54, 1.807) is 0 Å². The molecule has 5 nitrogen and oxygen atoms in total. The van der Waals surface area contributed by atoms with E-state index in [0.29, 0.717) is 0 Å². The second-order valence-corrected chi connectivity index (χ2v) is 5.41. The van der Waals surface area contributed by atoms with Crippen LogP contribution in [-0.4, -0.2) is 22.4 Å². The topological polar surface area (TPSA) is 59.0 Å². The van der Waals surface area contributed by atoms with Crippen LogP contribution in [0.2, 0.25) is 0 Å². The molecule has 0 spiro atoms. The van der Waals surface area contributed by atoms with Gasteiger partial charge in [-0.25, -0.2) is 4.79 Å². The Labute approximate surface area is 107 Å². The highest BCUT2D eigenvalue weighted by Crippen LogP contribution is 2.29. The normalized spacial score (nSPS) is 22.4. The van der Waals surface area contributed by atoms with Crippen LogP contribution in [0.1, 0.15) is 43.0 Å². The van der Waals surface area contributed by atoms with Crippen LogP contribution in [-0.2, 0) is 13.5 Å². The fourth-order valence-corrected chi connectivity index (χ4v) is 2.62. The van der Waals surface area contributed by atoms with Crippen molar-refractivity contribution >= 4 is 6.03 Å². The van der Waals surface area contributed by atoms with Gasteiger partial charge in [-0.15, -0.1) is 0 Å². The summed E-state index contributed by atoms with van der Waals surface area (Å²) >= 11 is 0. The second kappa shape index (κ2) is 4.63. The van der Waals surface area contributed by atoms with Gasteiger partial charge in [0.05, 0.1) is 12.2 Å². The van der Waals surface area contributed by atoms with Crippen LogP contribution < -0.4 is 10.6 Å². The number of rotatable bonds is 3. The van der Waals surface area contributed by atoms with Gasteiger partial charge in [0.1, 0.15) is 0 Å². The van der Waals surface area contributed by atoms with Gasteiger partial charge >= 0.3 is 6.03 Å². The summed E-state index contributed by atoms with van der Waals surface area (Å²) in [6.45, 7) is 0.818. The zero-order chi connectivity index (χ0) is 12.5. The molecule has 1 fully saturated rings. The summed E-state index contributed by atoms with van der Waals surface area (Å²) in [5.74, 6) is 0.719. The zero-order valence-electron chi connectivity index (χ0n) is 10.8. The Morgan fingerprint density at radius 1 is 1.50 bits per heavy atom. The summed E-state index contributed by atoms with van der Waals surface area (Å²) in [5, 5.41) is 10.3. The highest BCUT2D eigenvalue weighted by molar-refractivity contribution is 5.74. The maximum absolute atomic E-state index is 11.8. The van der Waals surface area contributed by atoms with E-state index in [9.17, 15) is 4.79 Å². The highest BCUT2D eigenvalue weighted by Gasteiger charge is 2.26. The SMILES string of the molecule is Cn1ncc2c1CCCC2NC(=O)NCC1CC1. The van der Waals surface area contributed by atoms with Crippen LogP contribution >= 0.6 is 0 Å². The summed E-state index contributed by atoms with van der Waals surface area (Å²) in [4.78, 5) is 11.8. The number of hydrogen-bond acceptors (Lipinski definition) is 2. The molecule has 5 heteroatoms. The Morgan fingerprint density at radius 3 is 3.11 bits per heavy atom. The van der Waals surface area contributed by atoms with E-state index >= 15 is 0 Å². The van der Waals surface area contributed by atoms with E-state index in [1.807, 2.05) is 17.9 Å². The molecule has 2 aliphatic carbocycles.